The van der Waals surface area contributed by atoms with Gasteiger partial charge in [0.05, 0.1) is 0 Å². The number of rotatable bonds is 1. The van der Waals surface area contributed by atoms with Gasteiger partial charge in [0.25, 0.3) is 0 Å². The Hall–Kier alpha value is -1.83. The van der Waals surface area contributed by atoms with Crippen LogP contribution in [0.1, 0.15) is 18.4 Å². The minimum Gasteiger partial charge on any atom is -0.361 e. The van der Waals surface area contributed by atoms with E-state index in [9.17, 15) is 4.79 Å². The van der Waals surface area contributed by atoms with Gasteiger partial charge in [0.2, 0.25) is 0 Å². The molecule has 15 heavy (non-hydrogen) atoms. The summed E-state index contributed by atoms with van der Waals surface area (Å²) in [5, 5.41) is 1.21. The molecular formula is C13H11NO. The molecule has 1 aromatic heterocycles. The molecule has 1 aliphatic carbocycles. The van der Waals surface area contributed by atoms with Gasteiger partial charge in [0.15, 0.2) is 5.78 Å². The summed E-state index contributed by atoms with van der Waals surface area (Å²) in [6, 6.07) is 8.18. The van der Waals surface area contributed by atoms with Crippen molar-refractivity contribution >= 4 is 22.3 Å². The molecule has 1 N–H and O–H groups in total. The van der Waals surface area contributed by atoms with Crippen molar-refractivity contribution in [2.24, 2.45) is 0 Å². The average Bonchev–Trinajstić information content (AvgIpc) is 2.83. The fourth-order valence-corrected chi connectivity index (χ4v) is 2.15. The van der Waals surface area contributed by atoms with E-state index in [4.69, 9.17) is 0 Å². The lowest BCUT2D eigenvalue weighted by Crippen LogP contribution is -1.80. The van der Waals surface area contributed by atoms with Gasteiger partial charge in [0, 0.05) is 29.1 Å². The van der Waals surface area contributed by atoms with Crippen molar-refractivity contribution in [1.82, 2.24) is 4.98 Å². The summed E-state index contributed by atoms with van der Waals surface area (Å²) in [5.41, 5.74) is 3.47. The minimum atomic E-state index is 0.246. The highest BCUT2D eigenvalue weighted by Crippen LogP contribution is 2.31. The molecule has 0 spiro atoms. The fourth-order valence-electron chi connectivity index (χ4n) is 2.15. The maximum Gasteiger partial charge on any atom is 0.156 e. The Morgan fingerprint density at radius 3 is 2.80 bits per heavy atom. The molecule has 1 aromatic carbocycles. The maximum absolute atomic E-state index is 11.2. The van der Waals surface area contributed by atoms with E-state index in [1.165, 1.54) is 10.9 Å². The molecule has 74 valence electrons. The standard InChI is InChI=1S/C13H11NO/c15-10-6-5-9(7-10)12-8-14-13-4-2-1-3-11(12)13/h1-4,7-8,14H,5-6H2. The highest BCUT2D eigenvalue weighted by atomic mass is 16.1. The van der Waals surface area contributed by atoms with Gasteiger partial charge in [-0.05, 0) is 24.1 Å². The van der Waals surface area contributed by atoms with E-state index in [1.54, 1.807) is 6.08 Å². The van der Waals surface area contributed by atoms with Crippen LogP contribution in [0.3, 0.4) is 0 Å². The number of carbonyl (C=O) groups excluding carboxylic acids is 1. The van der Waals surface area contributed by atoms with E-state index in [0.717, 1.165) is 17.5 Å². The fraction of sp³-hybridized carbons (Fsp3) is 0.154. The van der Waals surface area contributed by atoms with Crippen molar-refractivity contribution in [1.29, 1.82) is 0 Å². The summed E-state index contributed by atoms with van der Waals surface area (Å²) in [7, 11) is 0. The Bertz CT molecular complexity index is 563. The molecule has 2 heteroatoms. The normalized spacial score (nSPS) is 16.0. The Kier molecular flexibility index (Phi) is 1.75. The van der Waals surface area contributed by atoms with Gasteiger partial charge in [-0.3, -0.25) is 4.79 Å². The highest BCUT2D eigenvalue weighted by Gasteiger charge is 2.15. The van der Waals surface area contributed by atoms with Crippen molar-refractivity contribution < 1.29 is 4.79 Å². The molecule has 3 rings (SSSR count). The molecule has 0 atom stereocenters. The number of fused-ring (bicyclic) bond motifs is 1. The summed E-state index contributed by atoms with van der Waals surface area (Å²) in [6.07, 6.45) is 5.31. The number of hydrogen-bond donors (Lipinski definition) is 1. The number of benzene rings is 1. The van der Waals surface area contributed by atoms with Gasteiger partial charge >= 0.3 is 0 Å². The monoisotopic (exact) mass is 197 g/mol. The van der Waals surface area contributed by atoms with Crippen LogP contribution in [0.4, 0.5) is 0 Å². The molecule has 0 bridgehead atoms. The van der Waals surface area contributed by atoms with Gasteiger partial charge in [-0.15, -0.1) is 0 Å². The van der Waals surface area contributed by atoms with Crippen LogP contribution in [0, 0.1) is 0 Å². The van der Waals surface area contributed by atoms with E-state index in [0.29, 0.717) is 6.42 Å². The van der Waals surface area contributed by atoms with Crippen molar-refractivity contribution in [3.8, 4) is 0 Å². The van der Waals surface area contributed by atoms with Crippen LogP contribution >= 0.6 is 0 Å². The van der Waals surface area contributed by atoms with Crippen LogP contribution in [-0.4, -0.2) is 10.8 Å². The first-order valence-electron chi connectivity index (χ1n) is 5.14. The van der Waals surface area contributed by atoms with Crippen LogP contribution < -0.4 is 0 Å². The second-order valence-corrected chi connectivity index (χ2v) is 3.88. The molecule has 0 unspecified atom stereocenters. The topological polar surface area (TPSA) is 32.9 Å². The average molecular weight is 197 g/mol. The lowest BCUT2D eigenvalue weighted by atomic mass is 10.0. The summed E-state index contributed by atoms with van der Waals surface area (Å²) in [5.74, 6) is 0.246. The van der Waals surface area contributed by atoms with Gasteiger partial charge in [-0.1, -0.05) is 18.2 Å². The maximum atomic E-state index is 11.2. The summed E-state index contributed by atoms with van der Waals surface area (Å²) >= 11 is 0. The first-order chi connectivity index (χ1) is 7.34. The number of hydrogen-bond acceptors (Lipinski definition) is 1. The molecule has 0 amide bonds. The van der Waals surface area contributed by atoms with Crippen molar-refractivity contribution in [2.45, 2.75) is 12.8 Å². The van der Waals surface area contributed by atoms with Crippen LogP contribution in [0.25, 0.3) is 16.5 Å². The number of allylic oxidation sites excluding steroid dienone is 2. The van der Waals surface area contributed by atoms with Gasteiger partial charge < -0.3 is 4.98 Å². The minimum absolute atomic E-state index is 0.246. The zero-order valence-corrected chi connectivity index (χ0v) is 8.29. The van der Waals surface area contributed by atoms with Crippen molar-refractivity contribution in [3.63, 3.8) is 0 Å². The van der Waals surface area contributed by atoms with Crippen molar-refractivity contribution in [3.05, 3.63) is 42.1 Å². The third-order valence-electron chi connectivity index (χ3n) is 2.91. The predicted molar refractivity (Wildman–Crippen MR) is 60.5 cm³/mol. The number of nitrogens with one attached hydrogen (secondary N) is 1. The lowest BCUT2D eigenvalue weighted by molar-refractivity contribution is -0.114. The van der Waals surface area contributed by atoms with Gasteiger partial charge in [-0.25, -0.2) is 0 Å². The Morgan fingerprint density at radius 2 is 2.00 bits per heavy atom. The number of para-hydroxylation sites is 1. The molecule has 0 fully saturated rings. The van der Waals surface area contributed by atoms with E-state index < -0.39 is 0 Å². The zero-order chi connectivity index (χ0) is 10.3. The molecule has 1 aliphatic rings. The quantitative estimate of drug-likeness (QED) is 0.749. The molecule has 0 aliphatic heterocycles. The number of aromatic nitrogens is 1. The molecule has 1 heterocycles. The molecule has 2 nitrogen and oxygen atoms in total. The second kappa shape index (κ2) is 3.09. The third-order valence-corrected chi connectivity index (χ3v) is 2.91. The van der Waals surface area contributed by atoms with E-state index in [2.05, 4.69) is 17.1 Å². The molecular weight excluding hydrogens is 186 g/mol. The smallest absolute Gasteiger partial charge is 0.156 e. The van der Waals surface area contributed by atoms with E-state index in [1.807, 2.05) is 18.3 Å². The Morgan fingerprint density at radius 1 is 1.13 bits per heavy atom. The highest BCUT2D eigenvalue weighted by molar-refractivity contribution is 6.05. The lowest BCUT2D eigenvalue weighted by Gasteiger charge is -1.97. The van der Waals surface area contributed by atoms with Crippen LogP contribution in [0.2, 0.25) is 0 Å². The number of aromatic amines is 1. The number of ketones is 1. The molecule has 0 saturated carbocycles. The Labute approximate surface area is 87.6 Å². The summed E-state index contributed by atoms with van der Waals surface area (Å²) < 4.78 is 0. The van der Waals surface area contributed by atoms with Gasteiger partial charge in [-0.2, -0.15) is 0 Å². The Balaban J connectivity index is 2.19. The largest absolute Gasteiger partial charge is 0.361 e. The summed E-state index contributed by atoms with van der Waals surface area (Å²) in [4.78, 5) is 14.4. The van der Waals surface area contributed by atoms with Crippen molar-refractivity contribution in [2.75, 3.05) is 0 Å². The van der Waals surface area contributed by atoms with Crippen LogP contribution in [0.5, 0.6) is 0 Å². The molecule has 2 aromatic rings. The second-order valence-electron chi connectivity index (χ2n) is 3.88. The first kappa shape index (κ1) is 8.48. The van der Waals surface area contributed by atoms with Crippen LogP contribution in [0.15, 0.2) is 36.5 Å². The van der Waals surface area contributed by atoms with E-state index >= 15 is 0 Å². The summed E-state index contributed by atoms with van der Waals surface area (Å²) in [6.45, 7) is 0. The predicted octanol–water partition coefficient (Wildman–Crippen LogP) is 2.91. The van der Waals surface area contributed by atoms with Crippen LogP contribution in [-0.2, 0) is 4.79 Å². The first-order valence-corrected chi connectivity index (χ1v) is 5.14. The SMILES string of the molecule is O=C1C=C(c2c[nH]c3ccccc23)CC1. The molecule has 0 saturated heterocycles. The zero-order valence-electron chi connectivity index (χ0n) is 8.29. The van der Waals surface area contributed by atoms with Gasteiger partial charge in [0.1, 0.15) is 0 Å². The number of H-pyrrole nitrogens is 1. The number of carbonyl (C=O) groups is 1. The van der Waals surface area contributed by atoms with E-state index in [-0.39, 0.29) is 5.78 Å². The molecule has 0 radical (unpaired) electrons. The third kappa shape index (κ3) is 1.30.